The van der Waals surface area contributed by atoms with E-state index in [9.17, 15) is 4.79 Å². The minimum Gasteiger partial charge on any atom is -0.322 e. The average Bonchev–Trinajstić information content (AvgIpc) is 2.88. The predicted octanol–water partition coefficient (Wildman–Crippen LogP) is 0.313. The van der Waals surface area contributed by atoms with Crippen molar-refractivity contribution >= 4 is 22.4 Å². The van der Waals surface area contributed by atoms with Crippen molar-refractivity contribution in [3.05, 3.63) is 5.01 Å². The standard InChI is InChI=1S/C7H10N4OS/c8-3-5(12)9-7-11-10-6(13-7)4-1-2-4/h4H,1-3,8H2,(H,9,11,12). The number of rotatable bonds is 3. The number of nitrogens with two attached hydrogens (primary N) is 1. The van der Waals surface area contributed by atoms with E-state index in [-0.39, 0.29) is 12.5 Å². The maximum Gasteiger partial charge on any atom is 0.239 e. The Bertz CT molecular complexity index is 320. The van der Waals surface area contributed by atoms with E-state index >= 15 is 0 Å². The van der Waals surface area contributed by atoms with Gasteiger partial charge in [0.1, 0.15) is 5.01 Å². The number of carbonyl (C=O) groups excluding carboxylic acids is 1. The van der Waals surface area contributed by atoms with Gasteiger partial charge >= 0.3 is 0 Å². The highest BCUT2D eigenvalue weighted by Crippen LogP contribution is 2.41. The van der Waals surface area contributed by atoms with Gasteiger partial charge in [0.05, 0.1) is 6.54 Å². The Balaban J connectivity index is 2.00. The SMILES string of the molecule is NCC(=O)Nc1nnc(C2CC2)s1. The van der Waals surface area contributed by atoms with E-state index in [1.165, 1.54) is 24.2 Å². The van der Waals surface area contributed by atoms with Crippen LogP contribution in [0.5, 0.6) is 0 Å². The lowest BCUT2D eigenvalue weighted by atomic mass is 10.5. The first-order valence-electron chi connectivity index (χ1n) is 4.13. The molecular formula is C7H10N4OS. The molecule has 0 radical (unpaired) electrons. The summed E-state index contributed by atoms with van der Waals surface area (Å²) in [5.41, 5.74) is 5.14. The van der Waals surface area contributed by atoms with Gasteiger partial charge in [-0.3, -0.25) is 10.1 Å². The molecule has 0 spiro atoms. The maximum atomic E-state index is 10.9. The van der Waals surface area contributed by atoms with Gasteiger partial charge in [-0.2, -0.15) is 0 Å². The second kappa shape index (κ2) is 3.39. The molecule has 1 fully saturated rings. The number of anilines is 1. The van der Waals surface area contributed by atoms with Gasteiger partial charge in [-0.1, -0.05) is 11.3 Å². The lowest BCUT2D eigenvalue weighted by Gasteiger charge is -1.94. The Labute approximate surface area is 79.3 Å². The predicted molar refractivity (Wildman–Crippen MR) is 49.6 cm³/mol. The maximum absolute atomic E-state index is 10.9. The average molecular weight is 198 g/mol. The van der Waals surface area contributed by atoms with Gasteiger partial charge in [0.2, 0.25) is 11.0 Å². The van der Waals surface area contributed by atoms with Crippen LogP contribution in [0.1, 0.15) is 23.8 Å². The van der Waals surface area contributed by atoms with E-state index in [1.807, 2.05) is 0 Å². The van der Waals surface area contributed by atoms with Gasteiger partial charge in [-0.05, 0) is 12.8 Å². The first-order chi connectivity index (χ1) is 6.29. The molecule has 1 amide bonds. The highest BCUT2D eigenvalue weighted by molar-refractivity contribution is 7.15. The molecule has 3 N–H and O–H groups in total. The first-order valence-corrected chi connectivity index (χ1v) is 4.94. The van der Waals surface area contributed by atoms with Crippen molar-refractivity contribution in [1.29, 1.82) is 0 Å². The third-order valence-corrected chi connectivity index (χ3v) is 2.80. The lowest BCUT2D eigenvalue weighted by Crippen LogP contribution is -2.21. The summed E-state index contributed by atoms with van der Waals surface area (Å²) in [6.45, 7) is -0.0155. The normalized spacial score (nSPS) is 15.8. The highest BCUT2D eigenvalue weighted by Gasteiger charge is 2.27. The molecule has 6 heteroatoms. The summed E-state index contributed by atoms with van der Waals surface area (Å²) in [5, 5.41) is 12.0. The molecule has 1 aromatic rings. The minimum absolute atomic E-state index is 0.0155. The number of carbonyl (C=O) groups is 1. The Morgan fingerprint density at radius 2 is 2.38 bits per heavy atom. The van der Waals surface area contributed by atoms with E-state index < -0.39 is 0 Å². The fraction of sp³-hybridized carbons (Fsp3) is 0.571. The second-order valence-electron chi connectivity index (χ2n) is 2.97. The van der Waals surface area contributed by atoms with Gasteiger partial charge in [-0.25, -0.2) is 0 Å². The van der Waals surface area contributed by atoms with E-state index in [2.05, 4.69) is 15.5 Å². The zero-order valence-electron chi connectivity index (χ0n) is 6.99. The molecule has 0 aliphatic heterocycles. The van der Waals surface area contributed by atoms with Crippen molar-refractivity contribution < 1.29 is 4.79 Å². The largest absolute Gasteiger partial charge is 0.322 e. The van der Waals surface area contributed by atoms with Crippen molar-refractivity contribution in [2.75, 3.05) is 11.9 Å². The molecule has 1 saturated carbocycles. The molecule has 70 valence electrons. The minimum atomic E-state index is -0.224. The molecule has 2 rings (SSSR count). The molecule has 5 nitrogen and oxygen atoms in total. The summed E-state index contributed by atoms with van der Waals surface area (Å²) in [4.78, 5) is 10.9. The van der Waals surface area contributed by atoms with Crippen molar-refractivity contribution in [2.24, 2.45) is 5.73 Å². The van der Waals surface area contributed by atoms with Gasteiger partial charge < -0.3 is 5.73 Å². The number of nitrogens with one attached hydrogen (secondary N) is 1. The quantitative estimate of drug-likeness (QED) is 0.732. The molecule has 1 aromatic heterocycles. The third kappa shape index (κ3) is 2.02. The molecular weight excluding hydrogens is 188 g/mol. The number of nitrogens with zero attached hydrogens (tertiary/aromatic N) is 2. The van der Waals surface area contributed by atoms with Crippen LogP contribution in [0.15, 0.2) is 0 Å². The van der Waals surface area contributed by atoms with E-state index in [0.29, 0.717) is 11.0 Å². The first kappa shape index (κ1) is 8.58. The monoisotopic (exact) mass is 198 g/mol. The molecule has 13 heavy (non-hydrogen) atoms. The summed E-state index contributed by atoms with van der Waals surface area (Å²) in [5.74, 6) is 0.361. The van der Waals surface area contributed by atoms with Gasteiger partial charge in [0, 0.05) is 5.92 Å². The van der Waals surface area contributed by atoms with Gasteiger partial charge in [-0.15, -0.1) is 10.2 Å². The summed E-state index contributed by atoms with van der Waals surface area (Å²) < 4.78 is 0. The van der Waals surface area contributed by atoms with Crippen LogP contribution in [-0.2, 0) is 4.79 Å². The van der Waals surface area contributed by atoms with E-state index in [1.54, 1.807) is 0 Å². The fourth-order valence-corrected chi connectivity index (χ4v) is 1.88. The molecule has 1 aliphatic rings. The van der Waals surface area contributed by atoms with Crippen LogP contribution in [0.2, 0.25) is 0 Å². The van der Waals surface area contributed by atoms with Crippen molar-refractivity contribution in [3.8, 4) is 0 Å². The zero-order chi connectivity index (χ0) is 9.26. The van der Waals surface area contributed by atoms with E-state index in [0.717, 1.165) is 5.01 Å². The second-order valence-corrected chi connectivity index (χ2v) is 3.98. The van der Waals surface area contributed by atoms with Crippen LogP contribution in [0.25, 0.3) is 0 Å². The Kier molecular flexibility index (Phi) is 2.24. The van der Waals surface area contributed by atoms with Crippen LogP contribution in [-0.4, -0.2) is 22.6 Å². The summed E-state index contributed by atoms with van der Waals surface area (Å²) in [7, 11) is 0. The molecule has 0 bridgehead atoms. The van der Waals surface area contributed by atoms with Crippen molar-refractivity contribution in [1.82, 2.24) is 10.2 Å². The van der Waals surface area contributed by atoms with Gasteiger partial charge in [0.25, 0.3) is 0 Å². The summed E-state index contributed by atoms with van der Waals surface area (Å²) in [6.07, 6.45) is 2.39. The lowest BCUT2D eigenvalue weighted by molar-refractivity contribution is -0.114. The summed E-state index contributed by atoms with van der Waals surface area (Å²) >= 11 is 1.44. The zero-order valence-corrected chi connectivity index (χ0v) is 7.80. The number of hydrogen-bond acceptors (Lipinski definition) is 5. The van der Waals surface area contributed by atoms with Crippen molar-refractivity contribution in [3.63, 3.8) is 0 Å². The fourth-order valence-electron chi connectivity index (χ4n) is 0.951. The van der Waals surface area contributed by atoms with Gasteiger partial charge in [0.15, 0.2) is 0 Å². The summed E-state index contributed by atoms with van der Waals surface area (Å²) in [6, 6.07) is 0. The Morgan fingerprint density at radius 3 is 3.00 bits per heavy atom. The molecule has 0 atom stereocenters. The number of aromatic nitrogens is 2. The molecule has 0 saturated heterocycles. The number of amides is 1. The Hall–Kier alpha value is -1.01. The third-order valence-electron chi connectivity index (χ3n) is 1.80. The van der Waals surface area contributed by atoms with Crippen LogP contribution < -0.4 is 11.1 Å². The van der Waals surface area contributed by atoms with Crippen LogP contribution in [0, 0.1) is 0 Å². The molecule has 0 unspecified atom stereocenters. The molecule has 1 aliphatic carbocycles. The molecule has 1 heterocycles. The Morgan fingerprint density at radius 1 is 1.62 bits per heavy atom. The highest BCUT2D eigenvalue weighted by atomic mass is 32.1. The van der Waals surface area contributed by atoms with Crippen LogP contribution in [0.4, 0.5) is 5.13 Å². The topological polar surface area (TPSA) is 80.9 Å². The van der Waals surface area contributed by atoms with Crippen molar-refractivity contribution in [2.45, 2.75) is 18.8 Å². The van der Waals surface area contributed by atoms with E-state index in [4.69, 9.17) is 5.73 Å². The van der Waals surface area contributed by atoms with Crippen LogP contribution >= 0.6 is 11.3 Å². The smallest absolute Gasteiger partial charge is 0.239 e. The van der Waals surface area contributed by atoms with Crippen LogP contribution in [0.3, 0.4) is 0 Å². The molecule has 0 aromatic carbocycles. The number of hydrogen-bond donors (Lipinski definition) is 2.